The molecule has 1 aromatic carbocycles. The summed E-state index contributed by atoms with van der Waals surface area (Å²) in [4.78, 5) is 22.9. The fourth-order valence-electron chi connectivity index (χ4n) is 2.27. The van der Waals surface area contributed by atoms with Crippen LogP contribution in [0.4, 0.5) is 0 Å². The summed E-state index contributed by atoms with van der Waals surface area (Å²) in [6.07, 6.45) is 2.79. The van der Waals surface area contributed by atoms with E-state index in [1.165, 1.54) is 18.2 Å². The number of hydrogen-bond acceptors (Lipinski definition) is 4. The molecule has 1 aromatic heterocycles. The van der Waals surface area contributed by atoms with Crippen LogP contribution in [0.1, 0.15) is 29.5 Å². The highest BCUT2D eigenvalue weighted by molar-refractivity contribution is 5.88. The molecule has 1 heterocycles. The number of methoxy groups -OCH3 is 1. The third-order valence-corrected chi connectivity index (χ3v) is 3.73. The van der Waals surface area contributed by atoms with E-state index in [-0.39, 0.29) is 18.3 Å². The number of carbonyl (C=O) groups excluding carboxylic acids is 2. The monoisotopic (exact) mass is 303 g/mol. The van der Waals surface area contributed by atoms with E-state index >= 15 is 0 Å². The van der Waals surface area contributed by atoms with Crippen molar-refractivity contribution in [3.63, 3.8) is 0 Å². The van der Waals surface area contributed by atoms with Crippen molar-refractivity contribution < 1.29 is 18.7 Å². The molecular weight excluding hydrogens is 282 g/mol. The van der Waals surface area contributed by atoms with Crippen LogP contribution in [0, 0.1) is 13.8 Å². The van der Waals surface area contributed by atoms with Gasteiger partial charge in [-0.1, -0.05) is 0 Å². The van der Waals surface area contributed by atoms with Crippen molar-refractivity contribution in [2.24, 2.45) is 0 Å². The van der Waals surface area contributed by atoms with Gasteiger partial charge in [0.2, 0.25) is 5.91 Å². The molecule has 0 bridgehead atoms. The lowest BCUT2D eigenvalue weighted by atomic mass is 10.0. The minimum Gasteiger partial charge on any atom is -0.469 e. The van der Waals surface area contributed by atoms with E-state index in [9.17, 15) is 9.59 Å². The molecule has 2 rings (SSSR count). The number of furan rings is 1. The number of ether oxygens (including phenoxy) is 1. The number of hydrogen-bond donors (Lipinski definition) is 1. The highest BCUT2D eigenvalue weighted by Crippen LogP contribution is 2.25. The molecule has 0 spiro atoms. The standard InChI is InChI=1S/C17H21NO4/c1-11-7-14-13(10-22-15(14)8-12(11)2)9-16(19)18-6-4-5-17(20)21-3/h7-8,10H,4-6,9H2,1-3H3,(H,18,19). The fraction of sp³-hybridized carbons (Fsp3) is 0.412. The molecule has 0 aliphatic heterocycles. The highest BCUT2D eigenvalue weighted by Gasteiger charge is 2.11. The van der Waals surface area contributed by atoms with Crippen molar-refractivity contribution in [1.82, 2.24) is 5.32 Å². The second kappa shape index (κ2) is 7.11. The molecule has 118 valence electrons. The van der Waals surface area contributed by atoms with Gasteiger partial charge in [-0.25, -0.2) is 0 Å². The van der Waals surface area contributed by atoms with Crippen LogP contribution in [0.5, 0.6) is 0 Å². The Labute approximate surface area is 129 Å². The van der Waals surface area contributed by atoms with Gasteiger partial charge in [-0.2, -0.15) is 0 Å². The van der Waals surface area contributed by atoms with Crippen LogP contribution in [0.3, 0.4) is 0 Å². The van der Waals surface area contributed by atoms with Gasteiger partial charge in [0.1, 0.15) is 5.58 Å². The maximum Gasteiger partial charge on any atom is 0.305 e. The molecule has 22 heavy (non-hydrogen) atoms. The maximum atomic E-state index is 12.0. The first-order chi connectivity index (χ1) is 10.5. The highest BCUT2D eigenvalue weighted by atomic mass is 16.5. The van der Waals surface area contributed by atoms with Crippen LogP contribution in [-0.4, -0.2) is 25.5 Å². The Hall–Kier alpha value is -2.30. The number of amides is 1. The van der Waals surface area contributed by atoms with Crippen LogP contribution >= 0.6 is 0 Å². The molecule has 0 aliphatic carbocycles. The van der Waals surface area contributed by atoms with Crippen LogP contribution in [-0.2, 0) is 20.7 Å². The lowest BCUT2D eigenvalue weighted by Gasteiger charge is -2.04. The Balaban J connectivity index is 1.92. The maximum absolute atomic E-state index is 12.0. The summed E-state index contributed by atoms with van der Waals surface area (Å²) in [5, 5.41) is 3.78. The minimum absolute atomic E-state index is 0.0780. The Morgan fingerprint density at radius 3 is 2.68 bits per heavy atom. The number of fused-ring (bicyclic) bond motifs is 1. The number of rotatable bonds is 6. The van der Waals surface area contributed by atoms with Gasteiger partial charge in [0, 0.05) is 23.9 Å². The summed E-state index contributed by atoms with van der Waals surface area (Å²) in [6, 6.07) is 4.04. The molecule has 0 aliphatic rings. The van der Waals surface area contributed by atoms with Gasteiger partial charge in [0.25, 0.3) is 0 Å². The number of carbonyl (C=O) groups is 2. The largest absolute Gasteiger partial charge is 0.469 e. The molecule has 5 heteroatoms. The van der Waals surface area contributed by atoms with E-state index in [0.717, 1.165) is 16.5 Å². The number of nitrogens with one attached hydrogen (secondary N) is 1. The zero-order chi connectivity index (χ0) is 16.1. The van der Waals surface area contributed by atoms with E-state index < -0.39 is 0 Å². The minimum atomic E-state index is -0.263. The second-order valence-corrected chi connectivity index (χ2v) is 5.40. The van der Waals surface area contributed by atoms with Crippen molar-refractivity contribution in [3.05, 3.63) is 35.1 Å². The lowest BCUT2D eigenvalue weighted by Crippen LogP contribution is -2.26. The molecule has 0 atom stereocenters. The third-order valence-electron chi connectivity index (χ3n) is 3.73. The Morgan fingerprint density at radius 2 is 1.95 bits per heavy atom. The van der Waals surface area contributed by atoms with E-state index in [0.29, 0.717) is 19.4 Å². The predicted molar refractivity (Wildman–Crippen MR) is 83.7 cm³/mol. The molecule has 0 fully saturated rings. The van der Waals surface area contributed by atoms with Crippen molar-refractivity contribution in [2.75, 3.05) is 13.7 Å². The fourth-order valence-corrected chi connectivity index (χ4v) is 2.27. The topological polar surface area (TPSA) is 68.5 Å². The number of esters is 1. The number of benzene rings is 1. The molecule has 1 N–H and O–H groups in total. The zero-order valence-electron chi connectivity index (χ0n) is 13.2. The average Bonchev–Trinajstić information content (AvgIpc) is 2.86. The number of aryl methyl sites for hydroxylation is 2. The van der Waals surface area contributed by atoms with Gasteiger partial charge >= 0.3 is 5.97 Å². The van der Waals surface area contributed by atoms with Crippen molar-refractivity contribution >= 4 is 22.8 Å². The molecule has 0 radical (unpaired) electrons. The second-order valence-electron chi connectivity index (χ2n) is 5.40. The van der Waals surface area contributed by atoms with Crippen molar-refractivity contribution in [2.45, 2.75) is 33.1 Å². The van der Waals surface area contributed by atoms with Crippen molar-refractivity contribution in [3.8, 4) is 0 Å². The van der Waals surface area contributed by atoms with E-state index in [1.807, 2.05) is 26.0 Å². The van der Waals surface area contributed by atoms with E-state index in [4.69, 9.17) is 4.42 Å². The van der Waals surface area contributed by atoms with Crippen molar-refractivity contribution in [1.29, 1.82) is 0 Å². The van der Waals surface area contributed by atoms with Crippen LogP contribution in [0.15, 0.2) is 22.8 Å². The zero-order valence-corrected chi connectivity index (χ0v) is 13.2. The van der Waals surface area contributed by atoms with E-state index in [2.05, 4.69) is 10.1 Å². The van der Waals surface area contributed by atoms with Gasteiger partial charge in [0.05, 0.1) is 19.8 Å². The SMILES string of the molecule is COC(=O)CCCNC(=O)Cc1coc2cc(C)c(C)cc12. The molecular formula is C17H21NO4. The third kappa shape index (κ3) is 3.87. The van der Waals surface area contributed by atoms with Crippen LogP contribution < -0.4 is 5.32 Å². The van der Waals surface area contributed by atoms with E-state index in [1.54, 1.807) is 6.26 Å². The van der Waals surface area contributed by atoms with Crippen LogP contribution in [0.2, 0.25) is 0 Å². The molecule has 1 amide bonds. The summed E-state index contributed by atoms with van der Waals surface area (Å²) < 4.78 is 10.1. The van der Waals surface area contributed by atoms with Gasteiger partial charge in [-0.3, -0.25) is 9.59 Å². The first kappa shape index (κ1) is 16.1. The van der Waals surface area contributed by atoms with Gasteiger partial charge in [0.15, 0.2) is 0 Å². The van der Waals surface area contributed by atoms with Crippen LogP contribution in [0.25, 0.3) is 11.0 Å². The summed E-state index contributed by atoms with van der Waals surface area (Å²) >= 11 is 0. The molecule has 0 unspecified atom stereocenters. The molecule has 0 saturated heterocycles. The average molecular weight is 303 g/mol. The molecule has 2 aromatic rings. The first-order valence-electron chi connectivity index (χ1n) is 7.32. The smallest absolute Gasteiger partial charge is 0.305 e. The summed E-state index contributed by atoms with van der Waals surface area (Å²) in [5.74, 6) is -0.341. The van der Waals surface area contributed by atoms with Gasteiger partial charge in [-0.15, -0.1) is 0 Å². The normalized spacial score (nSPS) is 10.7. The molecule has 0 saturated carbocycles. The van der Waals surface area contributed by atoms with Gasteiger partial charge < -0.3 is 14.5 Å². The van der Waals surface area contributed by atoms with Gasteiger partial charge in [-0.05, 0) is 43.5 Å². The Bertz CT molecular complexity index is 687. The first-order valence-corrected chi connectivity index (χ1v) is 7.32. The quantitative estimate of drug-likeness (QED) is 0.658. The summed E-state index contributed by atoms with van der Waals surface area (Å²) in [6.45, 7) is 4.53. The predicted octanol–water partition coefficient (Wildman–Crippen LogP) is 2.66. The lowest BCUT2D eigenvalue weighted by molar-refractivity contribution is -0.140. The summed E-state index contributed by atoms with van der Waals surface area (Å²) in [5.41, 5.74) is 4.02. The Morgan fingerprint density at radius 1 is 1.23 bits per heavy atom. The molecule has 5 nitrogen and oxygen atoms in total. The Kier molecular flexibility index (Phi) is 5.20. The summed E-state index contributed by atoms with van der Waals surface area (Å²) in [7, 11) is 1.36.